The second-order valence-corrected chi connectivity index (χ2v) is 5.37. The van der Waals surface area contributed by atoms with Gasteiger partial charge in [0, 0.05) is 12.6 Å². The third kappa shape index (κ3) is 3.03. The van der Waals surface area contributed by atoms with Gasteiger partial charge in [-0.05, 0) is 24.6 Å². The molecule has 2 rings (SSSR count). The Kier molecular flexibility index (Phi) is 4.14. The van der Waals surface area contributed by atoms with Gasteiger partial charge in [0.15, 0.2) is 5.69 Å². The standard InChI is InChI=1S/C14H14N2O3S/c1-8(17)15-11-6-4-5-10(7-11)13-12(14(18)19-3)16-9(2)20-13/h4-7H,1-3H3,(H,15,17). The average Bonchev–Trinajstić information content (AvgIpc) is 2.79. The first-order valence-electron chi connectivity index (χ1n) is 5.95. The number of nitrogens with zero attached hydrogens (tertiary/aromatic N) is 1. The highest BCUT2D eigenvalue weighted by Crippen LogP contribution is 2.32. The highest BCUT2D eigenvalue weighted by molar-refractivity contribution is 7.15. The highest BCUT2D eigenvalue weighted by Gasteiger charge is 2.18. The topological polar surface area (TPSA) is 68.3 Å². The Labute approximate surface area is 120 Å². The molecule has 1 amide bonds. The van der Waals surface area contributed by atoms with Crippen LogP contribution in [-0.2, 0) is 9.53 Å². The van der Waals surface area contributed by atoms with E-state index in [9.17, 15) is 9.59 Å². The van der Waals surface area contributed by atoms with Crippen molar-refractivity contribution in [2.75, 3.05) is 12.4 Å². The number of thiazole rings is 1. The van der Waals surface area contributed by atoms with E-state index in [-0.39, 0.29) is 5.91 Å². The summed E-state index contributed by atoms with van der Waals surface area (Å²) in [5.41, 5.74) is 1.80. The van der Waals surface area contributed by atoms with E-state index in [4.69, 9.17) is 4.74 Å². The summed E-state index contributed by atoms with van der Waals surface area (Å²) >= 11 is 1.41. The number of carbonyl (C=O) groups is 2. The van der Waals surface area contributed by atoms with Gasteiger partial charge < -0.3 is 10.1 Å². The number of esters is 1. The second kappa shape index (κ2) is 5.83. The van der Waals surface area contributed by atoms with Gasteiger partial charge in [0.25, 0.3) is 0 Å². The smallest absolute Gasteiger partial charge is 0.358 e. The van der Waals surface area contributed by atoms with E-state index in [0.717, 1.165) is 15.4 Å². The van der Waals surface area contributed by atoms with E-state index >= 15 is 0 Å². The number of amides is 1. The number of hydrogen-bond acceptors (Lipinski definition) is 5. The van der Waals surface area contributed by atoms with Crippen molar-refractivity contribution in [3.05, 3.63) is 35.0 Å². The summed E-state index contributed by atoms with van der Waals surface area (Å²) in [5, 5.41) is 3.50. The molecule has 0 unspecified atom stereocenters. The number of aryl methyl sites for hydroxylation is 1. The van der Waals surface area contributed by atoms with E-state index in [1.807, 2.05) is 19.1 Å². The zero-order chi connectivity index (χ0) is 14.7. The molecular formula is C14H14N2O3S. The first-order chi connectivity index (χ1) is 9.51. The molecule has 2 aromatic rings. The van der Waals surface area contributed by atoms with E-state index < -0.39 is 5.97 Å². The fourth-order valence-electron chi connectivity index (χ4n) is 1.80. The number of benzene rings is 1. The van der Waals surface area contributed by atoms with Crippen molar-refractivity contribution in [1.29, 1.82) is 0 Å². The maximum Gasteiger partial charge on any atom is 0.358 e. The number of anilines is 1. The first-order valence-corrected chi connectivity index (χ1v) is 6.76. The lowest BCUT2D eigenvalue weighted by Gasteiger charge is -2.05. The van der Waals surface area contributed by atoms with Crippen molar-refractivity contribution < 1.29 is 14.3 Å². The number of ether oxygens (including phenoxy) is 1. The molecule has 1 heterocycles. The van der Waals surface area contributed by atoms with E-state index in [2.05, 4.69) is 10.3 Å². The van der Waals surface area contributed by atoms with Gasteiger partial charge in [0.1, 0.15) is 0 Å². The Morgan fingerprint density at radius 2 is 2.10 bits per heavy atom. The molecule has 0 aliphatic heterocycles. The number of rotatable bonds is 3. The van der Waals surface area contributed by atoms with E-state index in [1.165, 1.54) is 25.4 Å². The summed E-state index contributed by atoms with van der Waals surface area (Å²) in [6, 6.07) is 7.28. The number of aromatic nitrogens is 1. The molecule has 5 nitrogen and oxygen atoms in total. The van der Waals surface area contributed by atoms with Crippen LogP contribution in [0.3, 0.4) is 0 Å². The van der Waals surface area contributed by atoms with E-state index in [1.54, 1.807) is 12.1 Å². The number of methoxy groups -OCH3 is 1. The molecule has 0 fully saturated rings. The summed E-state index contributed by atoms with van der Waals surface area (Å²) in [6.07, 6.45) is 0. The molecule has 104 valence electrons. The summed E-state index contributed by atoms with van der Waals surface area (Å²) in [6.45, 7) is 3.28. The number of carbonyl (C=O) groups excluding carboxylic acids is 2. The van der Waals surface area contributed by atoms with E-state index in [0.29, 0.717) is 11.4 Å². The largest absolute Gasteiger partial charge is 0.464 e. The molecule has 0 radical (unpaired) electrons. The molecule has 0 bridgehead atoms. The average molecular weight is 290 g/mol. The minimum atomic E-state index is -0.464. The maximum atomic E-state index is 11.7. The minimum absolute atomic E-state index is 0.143. The third-order valence-corrected chi connectivity index (χ3v) is 3.58. The SMILES string of the molecule is COC(=O)c1nc(C)sc1-c1cccc(NC(C)=O)c1. The fourth-order valence-corrected chi connectivity index (χ4v) is 2.70. The van der Waals surface area contributed by atoms with Gasteiger partial charge >= 0.3 is 5.97 Å². The van der Waals surface area contributed by atoms with Crippen LogP contribution in [0.4, 0.5) is 5.69 Å². The predicted octanol–water partition coefficient (Wildman–Crippen LogP) is 2.86. The lowest BCUT2D eigenvalue weighted by molar-refractivity contribution is -0.114. The van der Waals surface area contributed by atoms with Crippen LogP contribution in [-0.4, -0.2) is 24.0 Å². The van der Waals surface area contributed by atoms with Gasteiger partial charge in [-0.25, -0.2) is 9.78 Å². The molecule has 0 saturated heterocycles. The number of nitrogens with one attached hydrogen (secondary N) is 1. The Bertz CT molecular complexity index is 664. The Morgan fingerprint density at radius 3 is 2.75 bits per heavy atom. The first kappa shape index (κ1) is 14.2. The van der Waals surface area contributed by atoms with Crippen molar-refractivity contribution in [2.45, 2.75) is 13.8 Å². The Hall–Kier alpha value is -2.21. The molecule has 0 aliphatic rings. The predicted molar refractivity (Wildman–Crippen MR) is 77.9 cm³/mol. The van der Waals surface area contributed by atoms with Gasteiger partial charge in [0.2, 0.25) is 5.91 Å². The van der Waals surface area contributed by atoms with Gasteiger partial charge in [-0.1, -0.05) is 12.1 Å². The van der Waals surface area contributed by atoms with Gasteiger partial charge in [-0.2, -0.15) is 0 Å². The summed E-state index contributed by atoms with van der Waals surface area (Å²) in [4.78, 5) is 27.8. The molecule has 0 spiro atoms. The second-order valence-electron chi connectivity index (χ2n) is 4.16. The van der Waals surface area contributed by atoms with Crippen molar-refractivity contribution >= 4 is 28.9 Å². The zero-order valence-corrected chi connectivity index (χ0v) is 12.2. The molecule has 0 atom stereocenters. The maximum absolute atomic E-state index is 11.7. The van der Waals surface area contributed by atoms with Crippen molar-refractivity contribution in [1.82, 2.24) is 4.98 Å². The zero-order valence-electron chi connectivity index (χ0n) is 11.4. The van der Waals surface area contributed by atoms with Crippen molar-refractivity contribution in [3.63, 3.8) is 0 Å². The van der Waals surface area contributed by atoms with Crippen LogP contribution < -0.4 is 5.32 Å². The van der Waals surface area contributed by atoms with Crippen LogP contribution in [0.5, 0.6) is 0 Å². The van der Waals surface area contributed by atoms with Gasteiger partial charge in [-0.3, -0.25) is 4.79 Å². The summed E-state index contributed by atoms with van der Waals surface area (Å²) in [7, 11) is 1.33. The normalized spacial score (nSPS) is 10.2. The summed E-state index contributed by atoms with van der Waals surface area (Å²) < 4.78 is 4.74. The summed E-state index contributed by atoms with van der Waals surface area (Å²) in [5.74, 6) is -0.606. The third-order valence-electron chi connectivity index (χ3n) is 2.56. The Balaban J connectivity index is 2.46. The minimum Gasteiger partial charge on any atom is -0.464 e. The number of hydrogen-bond donors (Lipinski definition) is 1. The van der Waals surface area contributed by atoms with Crippen molar-refractivity contribution in [3.8, 4) is 10.4 Å². The molecule has 1 aromatic heterocycles. The van der Waals surface area contributed by atoms with Crippen LogP contribution in [0.25, 0.3) is 10.4 Å². The fraction of sp³-hybridized carbons (Fsp3) is 0.214. The highest BCUT2D eigenvalue weighted by atomic mass is 32.1. The van der Waals surface area contributed by atoms with Crippen LogP contribution in [0.2, 0.25) is 0 Å². The van der Waals surface area contributed by atoms with Crippen LogP contribution in [0.15, 0.2) is 24.3 Å². The monoisotopic (exact) mass is 290 g/mol. The molecule has 0 aliphatic carbocycles. The molecule has 1 N–H and O–H groups in total. The molecule has 6 heteroatoms. The van der Waals surface area contributed by atoms with Gasteiger partial charge in [-0.15, -0.1) is 11.3 Å². The van der Waals surface area contributed by atoms with Crippen LogP contribution in [0.1, 0.15) is 22.4 Å². The van der Waals surface area contributed by atoms with Gasteiger partial charge in [0.05, 0.1) is 17.0 Å². The van der Waals surface area contributed by atoms with Crippen LogP contribution in [0, 0.1) is 6.92 Å². The van der Waals surface area contributed by atoms with Crippen LogP contribution >= 0.6 is 11.3 Å². The molecular weight excluding hydrogens is 276 g/mol. The molecule has 1 aromatic carbocycles. The molecule has 20 heavy (non-hydrogen) atoms. The quantitative estimate of drug-likeness (QED) is 0.883. The lowest BCUT2D eigenvalue weighted by Crippen LogP contribution is -2.06. The van der Waals surface area contributed by atoms with Crippen molar-refractivity contribution in [2.24, 2.45) is 0 Å². The lowest BCUT2D eigenvalue weighted by atomic mass is 10.1. The molecule has 0 saturated carbocycles. The Morgan fingerprint density at radius 1 is 1.35 bits per heavy atom.